The largest absolute Gasteiger partial charge is 0.486 e. The maximum absolute atomic E-state index is 11.2. The number of carbonyl (C=O) groups is 2. The molecule has 1 heterocycles. The molecule has 0 fully saturated rings. The van der Waals surface area contributed by atoms with E-state index in [-0.39, 0.29) is 17.6 Å². The summed E-state index contributed by atoms with van der Waals surface area (Å²) in [7, 11) is 0. The zero-order valence-electron chi connectivity index (χ0n) is 12.9. The van der Waals surface area contributed by atoms with E-state index in [9.17, 15) is 9.59 Å². The van der Waals surface area contributed by atoms with Gasteiger partial charge in [0.15, 0.2) is 0 Å². The second-order valence-corrected chi connectivity index (χ2v) is 6.03. The standard InChI is InChI=1S/C15H21N3O4/c1-9(19)18-15(2,3)7-11-8-16-12-6-10(17-14(20)21)4-5-13(12)22-11/h4-6,11,16-17H,7-8H2,1-3H3,(H,18,19)(H,20,21). The lowest BCUT2D eigenvalue weighted by molar-refractivity contribution is -0.120. The van der Waals surface area contributed by atoms with Crippen LogP contribution in [0.1, 0.15) is 27.2 Å². The van der Waals surface area contributed by atoms with Crippen LogP contribution in [0.4, 0.5) is 16.2 Å². The van der Waals surface area contributed by atoms with E-state index in [0.717, 1.165) is 5.69 Å². The van der Waals surface area contributed by atoms with Crippen LogP contribution >= 0.6 is 0 Å². The molecule has 7 heteroatoms. The normalized spacial score (nSPS) is 16.8. The summed E-state index contributed by atoms with van der Waals surface area (Å²) in [4.78, 5) is 21.8. The molecule has 2 rings (SSSR count). The van der Waals surface area contributed by atoms with Crippen LogP contribution in [0.3, 0.4) is 0 Å². The van der Waals surface area contributed by atoms with Crippen molar-refractivity contribution >= 4 is 23.4 Å². The van der Waals surface area contributed by atoms with E-state index in [2.05, 4.69) is 16.0 Å². The second-order valence-electron chi connectivity index (χ2n) is 6.03. The molecular formula is C15H21N3O4. The molecule has 7 nitrogen and oxygen atoms in total. The number of carboxylic acid groups (broad SMARTS) is 1. The Morgan fingerprint density at radius 3 is 2.82 bits per heavy atom. The molecular weight excluding hydrogens is 286 g/mol. The van der Waals surface area contributed by atoms with Crippen molar-refractivity contribution in [2.24, 2.45) is 0 Å². The molecule has 0 aliphatic carbocycles. The van der Waals surface area contributed by atoms with Crippen LogP contribution in [-0.4, -0.2) is 35.3 Å². The molecule has 0 saturated carbocycles. The van der Waals surface area contributed by atoms with Crippen molar-refractivity contribution in [2.75, 3.05) is 17.2 Å². The fourth-order valence-electron chi connectivity index (χ4n) is 2.63. The van der Waals surface area contributed by atoms with Crippen LogP contribution in [0.2, 0.25) is 0 Å². The zero-order chi connectivity index (χ0) is 16.3. The van der Waals surface area contributed by atoms with Crippen molar-refractivity contribution in [3.05, 3.63) is 18.2 Å². The monoisotopic (exact) mass is 307 g/mol. The molecule has 0 bridgehead atoms. The summed E-state index contributed by atoms with van der Waals surface area (Å²) in [5.41, 5.74) is 0.875. The molecule has 0 aromatic heterocycles. The highest BCUT2D eigenvalue weighted by Gasteiger charge is 2.28. The quantitative estimate of drug-likeness (QED) is 0.683. The van der Waals surface area contributed by atoms with E-state index in [0.29, 0.717) is 24.4 Å². The average Bonchev–Trinajstić information content (AvgIpc) is 2.36. The Labute approximate surface area is 129 Å². The Bertz CT molecular complexity index is 586. The van der Waals surface area contributed by atoms with Gasteiger partial charge < -0.3 is 20.5 Å². The summed E-state index contributed by atoms with van der Waals surface area (Å²) in [5, 5.41) is 17.1. The number of hydrogen-bond donors (Lipinski definition) is 4. The van der Waals surface area contributed by atoms with Gasteiger partial charge in [-0.1, -0.05) is 0 Å². The van der Waals surface area contributed by atoms with Crippen LogP contribution in [0.5, 0.6) is 5.75 Å². The maximum Gasteiger partial charge on any atom is 0.409 e. The van der Waals surface area contributed by atoms with Crippen LogP contribution in [-0.2, 0) is 4.79 Å². The highest BCUT2D eigenvalue weighted by Crippen LogP contribution is 2.33. The number of nitrogens with one attached hydrogen (secondary N) is 3. The summed E-state index contributed by atoms with van der Waals surface area (Å²) >= 11 is 0. The van der Waals surface area contributed by atoms with Gasteiger partial charge in [0.1, 0.15) is 11.9 Å². The van der Waals surface area contributed by atoms with E-state index in [1.807, 2.05) is 13.8 Å². The van der Waals surface area contributed by atoms with Gasteiger partial charge in [0.2, 0.25) is 5.91 Å². The molecule has 1 aliphatic heterocycles. The summed E-state index contributed by atoms with van der Waals surface area (Å²) in [6.45, 7) is 5.99. The van der Waals surface area contributed by atoms with Gasteiger partial charge in [0, 0.05) is 24.6 Å². The molecule has 1 aliphatic rings. The molecule has 120 valence electrons. The number of amides is 2. The fourth-order valence-corrected chi connectivity index (χ4v) is 2.63. The zero-order valence-corrected chi connectivity index (χ0v) is 12.9. The van der Waals surface area contributed by atoms with Gasteiger partial charge in [0.05, 0.1) is 12.2 Å². The van der Waals surface area contributed by atoms with E-state index < -0.39 is 6.09 Å². The summed E-state index contributed by atoms with van der Waals surface area (Å²) < 4.78 is 5.92. The summed E-state index contributed by atoms with van der Waals surface area (Å²) in [5.74, 6) is 0.601. The lowest BCUT2D eigenvalue weighted by atomic mass is 9.95. The minimum atomic E-state index is -1.10. The number of rotatable bonds is 4. The van der Waals surface area contributed by atoms with Crippen molar-refractivity contribution in [3.8, 4) is 5.75 Å². The topological polar surface area (TPSA) is 99.7 Å². The first-order valence-electron chi connectivity index (χ1n) is 7.08. The highest BCUT2D eigenvalue weighted by molar-refractivity contribution is 5.84. The Morgan fingerprint density at radius 1 is 1.45 bits per heavy atom. The van der Waals surface area contributed by atoms with Crippen molar-refractivity contribution < 1.29 is 19.4 Å². The van der Waals surface area contributed by atoms with Gasteiger partial charge in [-0.25, -0.2) is 4.79 Å². The van der Waals surface area contributed by atoms with Crippen LogP contribution in [0.25, 0.3) is 0 Å². The molecule has 0 saturated heterocycles. The number of anilines is 2. The molecule has 1 unspecified atom stereocenters. The minimum absolute atomic E-state index is 0.0708. The van der Waals surface area contributed by atoms with Gasteiger partial charge in [-0.2, -0.15) is 0 Å². The van der Waals surface area contributed by atoms with Crippen molar-refractivity contribution in [3.63, 3.8) is 0 Å². The van der Waals surface area contributed by atoms with Crippen molar-refractivity contribution in [1.82, 2.24) is 5.32 Å². The first-order chi connectivity index (χ1) is 10.2. The predicted octanol–water partition coefficient (Wildman–Crippen LogP) is 2.25. The molecule has 1 atom stereocenters. The maximum atomic E-state index is 11.2. The van der Waals surface area contributed by atoms with E-state index in [1.165, 1.54) is 6.92 Å². The lowest BCUT2D eigenvalue weighted by Crippen LogP contribution is -2.47. The number of benzene rings is 1. The third-order valence-corrected chi connectivity index (χ3v) is 3.30. The first kappa shape index (κ1) is 15.9. The van der Waals surface area contributed by atoms with E-state index in [1.54, 1.807) is 18.2 Å². The third-order valence-electron chi connectivity index (χ3n) is 3.30. The van der Waals surface area contributed by atoms with Gasteiger partial charge in [-0.3, -0.25) is 10.1 Å². The molecule has 0 spiro atoms. The predicted molar refractivity (Wildman–Crippen MR) is 83.5 cm³/mol. The van der Waals surface area contributed by atoms with Gasteiger partial charge >= 0.3 is 6.09 Å². The van der Waals surface area contributed by atoms with Crippen LogP contribution in [0, 0.1) is 0 Å². The van der Waals surface area contributed by atoms with Crippen LogP contribution in [0.15, 0.2) is 18.2 Å². The summed E-state index contributed by atoms with van der Waals surface area (Å²) in [6.07, 6.45) is -0.520. The first-order valence-corrected chi connectivity index (χ1v) is 7.08. The van der Waals surface area contributed by atoms with Gasteiger partial charge in [-0.15, -0.1) is 0 Å². The number of ether oxygens (including phenoxy) is 1. The SMILES string of the molecule is CC(=O)NC(C)(C)CC1CNc2cc(NC(=O)O)ccc2O1. The number of carbonyl (C=O) groups excluding carboxylic acids is 1. The number of hydrogen-bond acceptors (Lipinski definition) is 4. The minimum Gasteiger partial charge on any atom is -0.486 e. The Balaban J connectivity index is 2.03. The van der Waals surface area contributed by atoms with Gasteiger partial charge in [-0.05, 0) is 32.0 Å². The summed E-state index contributed by atoms with van der Waals surface area (Å²) in [6, 6.07) is 5.07. The van der Waals surface area contributed by atoms with Crippen LogP contribution < -0.4 is 20.7 Å². The van der Waals surface area contributed by atoms with E-state index in [4.69, 9.17) is 9.84 Å². The molecule has 22 heavy (non-hydrogen) atoms. The second kappa shape index (κ2) is 6.13. The van der Waals surface area contributed by atoms with Gasteiger partial charge in [0.25, 0.3) is 0 Å². The van der Waals surface area contributed by atoms with Crippen molar-refractivity contribution in [2.45, 2.75) is 38.8 Å². The third kappa shape index (κ3) is 4.28. The lowest BCUT2D eigenvalue weighted by Gasteiger charge is -2.34. The van der Waals surface area contributed by atoms with Crippen molar-refractivity contribution in [1.29, 1.82) is 0 Å². The molecule has 4 N–H and O–H groups in total. The smallest absolute Gasteiger partial charge is 0.409 e. The Kier molecular flexibility index (Phi) is 4.44. The highest BCUT2D eigenvalue weighted by atomic mass is 16.5. The van der Waals surface area contributed by atoms with E-state index >= 15 is 0 Å². The molecule has 1 aromatic rings. The molecule has 1 aromatic carbocycles. The molecule has 2 amide bonds. The Morgan fingerprint density at radius 2 is 2.18 bits per heavy atom. The Hall–Kier alpha value is -2.44. The number of fused-ring (bicyclic) bond motifs is 1. The fraction of sp³-hybridized carbons (Fsp3) is 0.467. The molecule has 0 radical (unpaired) electrons. The average molecular weight is 307 g/mol.